The van der Waals surface area contributed by atoms with Crippen LogP contribution < -0.4 is 16.4 Å². The van der Waals surface area contributed by atoms with E-state index in [9.17, 15) is 14.0 Å². The zero-order valence-electron chi connectivity index (χ0n) is 17.2. The van der Waals surface area contributed by atoms with Crippen molar-refractivity contribution in [1.29, 1.82) is 5.26 Å². The maximum absolute atomic E-state index is 13.9. The molecule has 0 saturated heterocycles. The SMILES string of the molecule is N#Cc1cnc(NCc2c(F)cccc2F)nc1NC[C@]12CC3C[C@H](C1)[C@@H](N)[C@@H](C3)C2. The zero-order chi connectivity index (χ0) is 21.6. The molecule has 4 aliphatic rings. The molecule has 4 aliphatic carbocycles. The van der Waals surface area contributed by atoms with Crippen molar-refractivity contribution in [3.63, 3.8) is 0 Å². The van der Waals surface area contributed by atoms with Gasteiger partial charge in [0.25, 0.3) is 0 Å². The molecular formula is C23H26F2N6. The van der Waals surface area contributed by atoms with Gasteiger partial charge in [-0.05, 0) is 67.4 Å². The van der Waals surface area contributed by atoms with Crippen LogP contribution in [0.1, 0.15) is 43.2 Å². The highest BCUT2D eigenvalue weighted by Crippen LogP contribution is 2.59. The molecule has 0 radical (unpaired) electrons. The van der Waals surface area contributed by atoms with E-state index in [-0.39, 0.29) is 23.5 Å². The summed E-state index contributed by atoms with van der Waals surface area (Å²) in [5, 5.41) is 15.7. The number of nitrogens with zero attached hydrogens (tertiary/aromatic N) is 3. The summed E-state index contributed by atoms with van der Waals surface area (Å²) in [6, 6.07) is 6.20. The molecule has 1 unspecified atom stereocenters. The topological polar surface area (TPSA) is 99.6 Å². The lowest BCUT2D eigenvalue weighted by molar-refractivity contribution is -0.0591. The number of nitrogens with one attached hydrogen (secondary N) is 2. The number of hydrogen-bond acceptors (Lipinski definition) is 6. The number of rotatable bonds is 6. The fourth-order valence-electron chi connectivity index (χ4n) is 6.27. The van der Waals surface area contributed by atoms with Gasteiger partial charge in [0.15, 0.2) is 0 Å². The first-order chi connectivity index (χ1) is 15.0. The van der Waals surface area contributed by atoms with Gasteiger partial charge >= 0.3 is 0 Å². The van der Waals surface area contributed by atoms with E-state index < -0.39 is 11.6 Å². The van der Waals surface area contributed by atoms with Crippen molar-refractivity contribution >= 4 is 11.8 Å². The minimum absolute atomic E-state index is 0.0742. The summed E-state index contributed by atoms with van der Waals surface area (Å²) in [6.07, 6.45) is 7.38. The van der Waals surface area contributed by atoms with Crippen LogP contribution in [0.2, 0.25) is 0 Å². The summed E-state index contributed by atoms with van der Waals surface area (Å²) >= 11 is 0. The van der Waals surface area contributed by atoms with Crippen molar-refractivity contribution < 1.29 is 8.78 Å². The number of halogens is 2. The van der Waals surface area contributed by atoms with Crippen molar-refractivity contribution in [3.8, 4) is 6.07 Å². The molecule has 4 saturated carbocycles. The highest BCUT2D eigenvalue weighted by Gasteiger charge is 2.54. The maximum Gasteiger partial charge on any atom is 0.224 e. The second-order valence-electron chi connectivity index (χ2n) is 9.52. The Morgan fingerprint density at radius 3 is 2.52 bits per heavy atom. The van der Waals surface area contributed by atoms with Gasteiger partial charge < -0.3 is 16.4 Å². The van der Waals surface area contributed by atoms with Crippen LogP contribution >= 0.6 is 0 Å². The maximum atomic E-state index is 13.9. The van der Waals surface area contributed by atoms with Crippen molar-refractivity contribution in [2.24, 2.45) is 28.9 Å². The van der Waals surface area contributed by atoms with Gasteiger partial charge in [-0.1, -0.05) is 6.07 Å². The van der Waals surface area contributed by atoms with Crippen LogP contribution in [-0.4, -0.2) is 22.6 Å². The molecule has 0 amide bonds. The molecule has 6 rings (SSSR count). The third-order valence-corrected chi connectivity index (χ3v) is 7.50. The van der Waals surface area contributed by atoms with Crippen molar-refractivity contribution in [2.45, 2.75) is 44.7 Å². The Balaban J connectivity index is 1.30. The Bertz CT molecular complexity index is 999. The zero-order valence-corrected chi connectivity index (χ0v) is 17.2. The summed E-state index contributed by atoms with van der Waals surface area (Å²) < 4.78 is 27.7. The first-order valence-corrected chi connectivity index (χ1v) is 10.9. The van der Waals surface area contributed by atoms with E-state index >= 15 is 0 Å². The lowest BCUT2D eigenvalue weighted by Gasteiger charge is -2.59. The van der Waals surface area contributed by atoms with Gasteiger partial charge in [-0.2, -0.15) is 10.2 Å². The van der Waals surface area contributed by atoms with Crippen LogP contribution in [0.5, 0.6) is 0 Å². The molecule has 5 atom stereocenters. The molecule has 8 heteroatoms. The molecular weight excluding hydrogens is 398 g/mol. The Hall–Kier alpha value is -2.79. The van der Waals surface area contributed by atoms with E-state index in [1.54, 1.807) is 0 Å². The predicted octanol–water partition coefficient (Wildman–Crippen LogP) is 3.80. The molecule has 6 nitrogen and oxygen atoms in total. The van der Waals surface area contributed by atoms with Gasteiger partial charge in [-0.15, -0.1) is 0 Å². The van der Waals surface area contributed by atoms with Crippen molar-refractivity contribution in [1.82, 2.24) is 9.97 Å². The number of aromatic nitrogens is 2. The number of nitrogens with two attached hydrogens (primary N) is 1. The third-order valence-electron chi connectivity index (χ3n) is 7.50. The smallest absolute Gasteiger partial charge is 0.224 e. The van der Waals surface area contributed by atoms with E-state index in [1.807, 2.05) is 0 Å². The second kappa shape index (κ2) is 7.72. The number of benzene rings is 1. The minimum atomic E-state index is -0.625. The molecule has 1 aromatic heterocycles. The molecule has 31 heavy (non-hydrogen) atoms. The van der Waals surface area contributed by atoms with Gasteiger partial charge in [0.1, 0.15) is 29.1 Å². The van der Waals surface area contributed by atoms with Crippen molar-refractivity contribution in [3.05, 3.63) is 47.2 Å². The van der Waals surface area contributed by atoms with Crippen LogP contribution in [0.15, 0.2) is 24.4 Å². The Kier molecular flexibility index (Phi) is 5.01. The molecule has 0 spiro atoms. The second-order valence-corrected chi connectivity index (χ2v) is 9.52. The standard InChI is InChI=1S/C23H26F2N6/c24-18-2-1-3-19(25)17(18)11-29-22-28-10-16(9-26)21(31-22)30-12-23-6-13-4-14(7-23)20(27)15(5-13)8-23/h1-3,10,13-15,20H,4-8,11-12,27H2,(H2,28,29,30,31)/t13?,14-,15+,20-,23-. The predicted molar refractivity (Wildman–Crippen MR) is 113 cm³/mol. The quantitative estimate of drug-likeness (QED) is 0.652. The molecule has 1 heterocycles. The summed E-state index contributed by atoms with van der Waals surface area (Å²) in [5.41, 5.74) is 6.93. The van der Waals surface area contributed by atoms with E-state index in [4.69, 9.17) is 5.73 Å². The van der Waals surface area contributed by atoms with Gasteiger partial charge in [0, 0.05) is 24.7 Å². The largest absolute Gasteiger partial charge is 0.368 e. The van der Waals surface area contributed by atoms with E-state index in [0.717, 1.165) is 25.3 Å². The average molecular weight is 424 g/mol. The van der Waals surface area contributed by atoms with E-state index in [0.29, 0.717) is 29.3 Å². The molecule has 4 fully saturated rings. The number of hydrogen-bond donors (Lipinski definition) is 3. The van der Waals surface area contributed by atoms with E-state index in [1.165, 1.54) is 43.7 Å². The minimum Gasteiger partial charge on any atom is -0.368 e. The molecule has 1 aromatic carbocycles. The van der Waals surface area contributed by atoms with Gasteiger partial charge in [-0.3, -0.25) is 0 Å². The molecule has 2 aromatic rings. The number of nitriles is 1. The fourth-order valence-corrected chi connectivity index (χ4v) is 6.27. The highest BCUT2D eigenvalue weighted by molar-refractivity contribution is 5.53. The van der Waals surface area contributed by atoms with Crippen LogP contribution in [0.3, 0.4) is 0 Å². The monoisotopic (exact) mass is 424 g/mol. The van der Waals surface area contributed by atoms with Crippen molar-refractivity contribution in [2.75, 3.05) is 17.2 Å². The van der Waals surface area contributed by atoms with Crippen LogP contribution in [-0.2, 0) is 6.54 Å². The third kappa shape index (κ3) is 3.72. The lowest BCUT2D eigenvalue weighted by Crippen LogP contribution is -2.58. The molecule has 4 bridgehead atoms. The lowest BCUT2D eigenvalue weighted by atomic mass is 9.48. The Labute approximate surface area is 180 Å². The Morgan fingerprint density at radius 1 is 1.13 bits per heavy atom. The normalized spacial score (nSPS) is 30.8. The Morgan fingerprint density at radius 2 is 1.84 bits per heavy atom. The highest BCUT2D eigenvalue weighted by atomic mass is 19.1. The van der Waals surface area contributed by atoms with Gasteiger partial charge in [0.05, 0.1) is 6.20 Å². The van der Waals surface area contributed by atoms with E-state index in [2.05, 4.69) is 26.7 Å². The molecule has 4 N–H and O–H groups in total. The van der Waals surface area contributed by atoms with Crippen LogP contribution in [0, 0.1) is 46.1 Å². The first kappa shape index (κ1) is 20.1. The summed E-state index contributed by atoms with van der Waals surface area (Å²) in [5.74, 6) is 1.38. The summed E-state index contributed by atoms with van der Waals surface area (Å²) in [4.78, 5) is 8.55. The van der Waals surface area contributed by atoms with Gasteiger partial charge in [0.2, 0.25) is 5.95 Å². The summed E-state index contributed by atoms with van der Waals surface area (Å²) in [6.45, 7) is 0.660. The molecule has 0 aliphatic heterocycles. The van der Waals surface area contributed by atoms with Crippen LogP contribution in [0.25, 0.3) is 0 Å². The van der Waals surface area contributed by atoms with Gasteiger partial charge in [-0.25, -0.2) is 13.8 Å². The fraction of sp³-hybridized carbons (Fsp3) is 0.522. The summed E-state index contributed by atoms with van der Waals surface area (Å²) in [7, 11) is 0. The average Bonchev–Trinajstić information content (AvgIpc) is 2.75. The van der Waals surface area contributed by atoms with Crippen LogP contribution in [0.4, 0.5) is 20.5 Å². The number of anilines is 2. The first-order valence-electron chi connectivity index (χ1n) is 10.9. The molecule has 162 valence electrons.